The molecule has 0 unspecified atom stereocenters. The minimum atomic E-state index is 0. The third-order valence-corrected chi connectivity index (χ3v) is 4.20. The lowest BCUT2D eigenvalue weighted by atomic mass is 10.2. The minimum Gasteiger partial charge on any atom is -0.481 e. The van der Waals surface area contributed by atoms with Gasteiger partial charge in [0, 0.05) is 37.9 Å². The van der Waals surface area contributed by atoms with Crippen LogP contribution < -0.4 is 15.4 Å². The van der Waals surface area contributed by atoms with Crippen molar-refractivity contribution in [3.63, 3.8) is 0 Å². The summed E-state index contributed by atoms with van der Waals surface area (Å²) in [6, 6.07) is 16.3. The SMILES string of the molecule is CN=C(NCCCn1ccc2ccccc21)NCc1cccc(OC)n1.I. The molecular weight excluding hydrogens is 453 g/mol. The molecule has 0 bridgehead atoms. The maximum absolute atomic E-state index is 5.15. The Kier molecular flexibility index (Phi) is 8.38. The lowest BCUT2D eigenvalue weighted by molar-refractivity contribution is 0.396. The molecule has 0 radical (unpaired) electrons. The number of halogens is 1. The van der Waals surface area contributed by atoms with Crippen molar-refractivity contribution in [2.75, 3.05) is 20.7 Å². The summed E-state index contributed by atoms with van der Waals surface area (Å²) in [6.07, 6.45) is 3.16. The van der Waals surface area contributed by atoms with Crippen LogP contribution in [0, 0.1) is 0 Å². The predicted octanol–water partition coefficient (Wildman–Crippen LogP) is 3.42. The van der Waals surface area contributed by atoms with Crippen LogP contribution in [0.4, 0.5) is 0 Å². The van der Waals surface area contributed by atoms with Gasteiger partial charge in [-0.15, -0.1) is 24.0 Å². The number of hydrogen-bond acceptors (Lipinski definition) is 3. The van der Waals surface area contributed by atoms with E-state index in [1.807, 2.05) is 18.2 Å². The van der Waals surface area contributed by atoms with Gasteiger partial charge in [0.25, 0.3) is 0 Å². The van der Waals surface area contributed by atoms with Crippen LogP contribution in [0.1, 0.15) is 12.1 Å². The number of rotatable bonds is 7. The van der Waals surface area contributed by atoms with E-state index in [0.717, 1.165) is 31.2 Å². The summed E-state index contributed by atoms with van der Waals surface area (Å²) in [5.41, 5.74) is 2.19. The molecule has 3 aromatic rings. The highest BCUT2D eigenvalue weighted by molar-refractivity contribution is 14.0. The first-order valence-electron chi connectivity index (χ1n) is 8.78. The Morgan fingerprint density at radius 1 is 1.11 bits per heavy atom. The highest BCUT2D eigenvalue weighted by Crippen LogP contribution is 2.15. The maximum Gasteiger partial charge on any atom is 0.213 e. The second kappa shape index (κ2) is 10.8. The van der Waals surface area contributed by atoms with Crippen molar-refractivity contribution >= 4 is 40.8 Å². The van der Waals surface area contributed by atoms with Gasteiger partial charge in [0.05, 0.1) is 19.3 Å². The van der Waals surface area contributed by atoms with Crippen molar-refractivity contribution < 1.29 is 4.74 Å². The van der Waals surface area contributed by atoms with E-state index in [9.17, 15) is 0 Å². The van der Waals surface area contributed by atoms with Crippen molar-refractivity contribution in [1.29, 1.82) is 0 Å². The summed E-state index contributed by atoms with van der Waals surface area (Å²) < 4.78 is 7.43. The van der Waals surface area contributed by atoms with Gasteiger partial charge in [-0.3, -0.25) is 4.99 Å². The molecule has 1 aromatic carbocycles. The fourth-order valence-corrected chi connectivity index (χ4v) is 2.86. The Hall–Kier alpha value is -2.29. The number of pyridine rings is 1. The van der Waals surface area contributed by atoms with Crippen LogP contribution in [0.2, 0.25) is 0 Å². The van der Waals surface area contributed by atoms with Crippen molar-refractivity contribution in [3.8, 4) is 5.88 Å². The summed E-state index contributed by atoms with van der Waals surface area (Å²) in [5.74, 6) is 1.39. The van der Waals surface area contributed by atoms with Gasteiger partial charge in [-0.1, -0.05) is 24.3 Å². The van der Waals surface area contributed by atoms with Crippen molar-refractivity contribution in [2.24, 2.45) is 4.99 Å². The number of guanidine groups is 1. The smallest absolute Gasteiger partial charge is 0.213 e. The predicted molar refractivity (Wildman–Crippen MR) is 121 cm³/mol. The quantitative estimate of drug-likeness (QED) is 0.236. The molecule has 0 spiro atoms. The first-order chi connectivity index (χ1) is 12.8. The summed E-state index contributed by atoms with van der Waals surface area (Å²) in [6.45, 7) is 2.41. The Morgan fingerprint density at radius 2 is 1.96 bits per heavy atom. The molecule has 2 heterocycles. The minimum absolute atomic E-state index is 0. The third kappa shape index (κ3) is 5.85. The number of aliphatic imine (C=N–C) groups is 1. The van der Waals surface area contributed by atoms with Crippen molar-refractivity contribution in [3.05, 3.63) is 60.4 Å². The second-order valence-corrected chi connectivity index (χ2v) is 5.95. The van der Waals surface area contributed by atoms with Crippen LogP contribution in [0.15, 0.2) is 59.7 Å². The first-order valence-corrected chi connectivity index (χ1v) is 8.78. The largest absolute Gasteiger partial charge is 0.481 e. The number of fused-ring (bicyclic) bond motifs is 1. The topological polar surface area (TPSA) is 63.5 Å². The highest BCUT2D eigenvalue weighted by Gasteiger charge is 2.02. The number of hydrogen-bond donors (Lipinski definition) is 2. The average molecular weight is 479 g/mol. The first kappa shape index (κ1) is 21.0. The summed E-state index contributed by atoms with van der Waals surface area (Å²) in [5, 5.41) is 7.90. The lowest BCUT2D eigenvalue weighted by Crippen LogP contribution is -2.37. The van der Waals surface area contributed by atoms with Crippen molar-refractivity contribution in [1.82, 2.24) is 20.2 Å². The van der Waals surface area contributed by atoms with E-state index in [0.29, 0.717) is 12.4 Å². The molecule has 0 saturated heterocycles. The Morgan fingerprint density at radius 3 is 2.78 bits per heavy atom. The molecule has 2 aromatic heterocycles. The van der Waals surface area contributed by atoms with E-state index in [-0.39, 0.29) is 24.0 Å². The molecule has 3 rings (SSSR count). The molecule has 0 aliphatic heterocycles. The molecule has 2 N–H and O–H groups in total. The van der Waals surface area contributed by atoms with E-state index in [1.54, 1.807) is 14.2 Å². The van der Waals surface area contributed by atoms with Gasteiger partial charge in [0.2, 0.25) is 5.88 Å². The van der Waals surface area contributed by atoms with E-state index >= 15 is 0 Å². The fraction of sp³-hybridized carbons (Fsp3) is 0.300. The Bertz CT molecular complexity index is 877. The molecule has 27 heavy (non-hydrogen) atoms. The number of ether oxygens (including phenoxy) is 1. The van der Waals surface area contributed by atoms with Gasteiger partial charge in [0.15, 0.2) is 5.96 Å². The number of nitrogens with zero attached hydrogens (tertiary/aromatic N) is 3. The van der Waals surface area contributed by atoms with Gasteiger partial charge in [-0.05, 0) is 30.0 Å². The zero-order chi connectivity index (χ0) is 18.2. The zero-order valence-electron chi connectivity index (χ0n) is 15.7. The van der Waals surface area contributed by atoms with Crippen LogP contribution in [-0.4, -0.2) is 36.2 Å². The van der Waals surface area contributed by atoms with Crippen molar-refractivity contribution in [2.45, 2.75) is 19.5 Å². The summed E-state index contributed by atoms with van der Waals surface area (Å²) >= 11 is 0. The van der Waals surface area contributed by atoms with E-state index in [2.05, 4.69) is 61.7 Å². The summed E-state index contributed by atoms with van der Waals surface area (Å²) in [7, 11) is 3.39. The van der Waals surface area contributed by atoms with Gasteiger partial charge in [-0.2, -0.15) is 0 Å². The molecule has 0 aliphatic carbocycles. The molecule has 7 heteroatoms. The number of nitrogens with one attached hydrogen (secondary N) is 2. The monoisotopic (exact) mass is 479 g/mol. The lowest BCUT2D eigenvalue weighted by Gasteiger charge is -2.12. The highest BCUT2D eigenvalue weighted by atomic mass is 127. The number of aryl methyl sites for hydroxylation is 1. The van der Waals surface area contributed by atoms with Gasteiger partial charge in [-0.25, -0.2) is 4.98 Å². The van der Waals surface area contributed by atoms with Gasteiger partial charge < -0.3 is 19.9 Å². The van der Waals surface area contributed by atoms with E-state index < -0.39 is 0 Å². The molecule has 144 valence electrons. The molecule has 0 saturated carbocycles. The molecule has 0 atom stereocenters. The average Bonchev–Trinajstić information content (AvgIpc) is 3.11. The molecular formula is C20H26IN5O. The van der Waals surface area contributed by atoms with Crippen LogP contribution in [0.3, 0.4) is 0 Å². The summed E-state index contributed by atoms with van der Waals surface area (Å²) in [4.78, 5) is 8.64. The Balaban J connectivity index is 0.00000261. The van der Waals surface area contributed by atoms with Gasteiger partial charge in [0.1, 0.15) is 0 Å². The number of benzene rings is 1. The number of methoxy groups -OCH3 is 1. The van der Waals surface area contributed by atoms with Crippen LogP contribution in [0.5, 0.6) is 5.88 Å². The molecule has 0 fully saturated rings. The normalized spacial score (nSPS) is 11.1. The molecule has 6 nitrogen and oxygen atoms in total. The van der Waals surface area contributed by atoms with Gasteiger partial charge >= 0.3 is 0 Å². The number of aromatic nitrogens is 2. The maximum atomic E-state index is 5.15. The standard InChI is InChI=1S/C20H25N5O.HI/c1-21-20(23-15-17-8-5-10-19(24-17)26-2)22-12-6-13-25-14-11-16-7-3-4-9-18(16)25;/h3-5,7-11,14H,6,12-13,15H2,1-2H3,(H2,21,22,23);1H. The Labute approximate surface area is 177 Å². The van der Waals surface area contributed by atoms with E-state index in [4.69, 9.17) is 4.74 Å². The number of para-hydroxylation sites is 1. The zero-order valence-corrected chi connectivity index (χ0v) is 18.0. The van der Waals surface area contributed by atoms with Crippen LogP contribution in [-0.2, 0) is 13.1 Å². The van der Waals surface area contributed by atoms with Crippen LogP contribution in [0.25, 0.3) is 10.9 Å². The molecule has 0 amide bonds. The third-order valence-electron chi connectivity index (χ3n) is 4.20. The van der Waals surface area contributed by atoms with Crippen LogP contribution >= 0.6 is 24.0 Å². The molecule has 0 aliphatic rings. The second-order valence-electron chi connectivity index (χ2n) is 5.95. The fourth-order valence-electron chi connectivity index (χ4n) is 2.86. The van der Waals surface area contributed by atoms with E-state index in [1.165, 1.54) is 10.9 Å².